The van der Waals surface area contributed by atoms with E-state index in [1.807, 2.05) is 0 Å². The SMILES string of the molecule is Cn1nc([N+](=O)[O-])c2nnn(C3[CH][CH]C(COP(=O)(O)OP(=O)(O)OP(=O)(O)O)O3)c(=O)c21. The number of hydrogen-bond donors (Lipinski definition) is 4. The Labute approximate surface area is 181 Å². The van der Waals surface area contributed by atoms with E-state index in [1.54, 1.807) is 0 Å². The normalized spacial score (nSPS) is 22.8. The number of hydrogen-bond acceptors (Lipinski definition) is 13. The van der Waals surface area contributed by atoms with Gasteiger partial charge in [0.2, 0.25) is 5.52 Å². The summed E-state index contributed by atoms with van der Waals surface area (Å²) in [5, 5.41) is 21.8. The van der Waals surface area contributed by atoms with E-state index in [9.17, 15) is 33.5 Å². The summed E-state index contributed by atoms with van der Waals surface area (Å²) < 4.78 is 52.2. The van der Waals surface area contributed by atoms with Crippen molar-refractivity contribution in [2.45, 2.75) is 12.3 Å². The van der Waals surface area contributed by atoms with Crippen LogP contribution in [0.4, 0.5) is 5.82 Å². The molecule has 1 saturated heterocycles. The van der Waals surface area contributed by atoms with Gasteiger partial charge in [0.25, 0.3) is 0 Å². The fourth-order valence-corrected chi connectivity index (χ4v) is 5.59. The molecule has 2 aromatic heterocycles. The van der Waals surface area contributed by atoms with Crippen LogP contribution in [0.3, 0.4) is 0 Å². The van der Waals surface area contributed by atoms with Crippen molar-refractivity contribution in [3.63, 3.8) is 0 Å². The van der Waals surface area contributed by atoms with Crippen molar-refractivity contribution < 1.29 is 56.1 Å². The van der Waals surface area contributed by atoms with E-state index in [0.29, 0.717) is 4.68 Å². The molecule has 0 bridgehead atoms. The zero-order valence-corrected chi connectivity index (χ0v) is 18.6. The van der Waals surface area contributed by atoms with Crippen LogP contribution in [0.2, 0.25) is 0 Å². The summed E-state index contributed by atoms with van der Waals surface area (Å²) in [6.07, 6.45) is 0.153. The van der Waals surface area contributed by atoms with Crippen LogP contribution in [-0.2, 0) is 38.6 Å². The van der Waals surface area contributed by atoms with E-state index in [1.165, 1.54) is 19.9 Å². The Bertz CT molecular complexity index is 1280. The molecule has 4 unspecified atom stereocenters. The number of ether oxygens (including phenoxy) is 1. The van der Waals surface area contributed by atoms with E-state index in [4.69, 9.17) is 19.4 Å². The molecular weight excluding hydrogens is 521 g/mol. The van der Waals surface area contributed by atoms with Crippen molar-refractivity contribution in [3.8, 4) is 0 Å². The van der Waals surface area contributed by atoms with Gasteiger partial charge in [0.15, 0.2) is 11.7 Å². The van der Waals surface area contributed by atoms with Crippen LogP contribution in [0.15, 0.2) is 4.79 Å². The second-order valence-electron chi connectivity index (χ2n) is 6.08. The van der Waals surface area contributed by atoms with Crippen molar-refractivity contribution in [3.05, 3.63) is 33.3 Å². The summed E-state index contributed by atoms with van der Waals surface area (Å²) in [7, 11) is -15.3. The molecule has 23 heteroatoms. The third-order valence-corrected chi connectivity index (χ3v) is 7.50. The molecule has 3 heterocycles. The fourth-order valence-electron chi connectivity index (χ4n) is 2.56. The summed E-state index contributed by atoms with van der Waals surface area (Å²) in [5.74, 6) is -0.680. The highest BCUT2D eigenvalue weighted by molar-refractivity contribution is 7.66. The second kappa shape index (κ2) is 9.01. The average molecular weight is 534 g/mol. The minimum absolute atomic E-state index is 0.245. The molecular formula is C10H13N6O14P3. The Morgan fingerprint density at radius 2 is 1.85 bits per heavy atom. The smallest absolute Gasteiger partial charge is 0.358 e. The summed E-state index contributed by atoms with van der Waals surface area (Å²) in [6.45, 7) is -0.793. The Kier molecular flexibility index (Phi) is 7.01. The van der Waals surface area contributed by atoms with Gasteiger partial charge in [-0.05, 0) is 4.92 Å². The maximum atomic E-state index is 12.7. The van der Waals surface area contributed by atoms with Gasteiger partial charge in [-0.1, -0.05) is 5.21 Å². The van der Waals surface area contributed by atoms with E-state index < -0.39 is 58.7 Å². The largest absolute Gasteiger partial charge is 0.490 e. The first kappa shape index (κ1) is 25.7. The second-order valence-corrected chi connectivity index (χ2v) is 10.5. The van der Waals surface area contributed by atoms with Gasteiger partial charge in [-0.2, -0.15) is 18.0 Å². The van der Waals surface area contributed by atoms with Gasteiger partial charge < -0.3 is 34.4 Å². The molecule has 2 radical (unpaired) electrons. The first-order chi connectivity index (χ1) is 15.1. The zero-order chi connectivity index (χ0) is 24.8. The molecule has 1 aliphatic heterocycles. The summed E-state index contributed by atoms with van der Waals surface area (Å²) in [5.41, 5.74) is -1.45. The molecule has 20 nitrogen and oxygen atoms in total. The molecule has 4 atom stereocenters. The molecule has 1 aliphatic rings. The Balaban J connectivity index is 1.67. The predicted molar refractivity (Wildman–Crippen MR) is 99.5 cm³/mol. The van der Waals surface area contributed by atoms with Gasteiger partial charge in [0, 0.05) is 12.8 Å². The summed E-state index contributed by atoms with van der Waals surface area (Å²) in [4.78, 5) is 58.3. The van der Waals surface area contributed by atoms with Gasteiger partial charge in [0.05, 0.1) is 24.9 Å². The van der Waals surface area contributed by atoms with Crippen molar-refractivity contribution in [2.24, 2.45) is 7.05 Å². The average Bonchev–Trinajstić information content (AvgIpc) is 3.22. The number of phosphoric ester groups is 1. The maximum absolute atomic E-state index is 12.7. The minimum Gasteiger partial charge on any atom is -0.358 e. The third-order valence-electron chi connectivity index (χ3n) is 3.69. The zero-order valence-electron chi connectivity index (χ0n) is 15.9. The Morgan fingerprint density at radius 1 is 1.18 bits per heavy atom. The number of rotatable bonds is 9. The van der Waals surface area contributed by atoms with Crippen LogP contribution in [0.1, 0.15) is 6.23 Å². The predicted octanol–water partition coefficient (Wildman–Crippen LogP) is -0.918. The molecule has 0 amide bonds. The molecule has 0 aliphatic carbocycles. The molecule has 4 N–H and O–H groups in total. The molecule has 33 heavy (non-hydrogen) atoms. The molecule has 0 aromatic carbocycles. The lowest BCUT2D eigenvalue weighted by Crippen LogP contribution is -2.30. The standard InChI is InChI=1S/C10H13N6O14P3/c1-14-8-7(9(12-14)16(18)19)11-13-15(10(8)17)6-3-2-5(28-6)4-27-32(23,24)30-33(25,26)29-31(20,21)22/h2-3,5-6H,4H2,1H3,(H,23,24)(H,25,26)(H2,20,21,22). The van der Waals surface area contributed by atoms with Gasteiger partial charge in [-0.25, -0.2) is 13.7 Å². The molecule has 182 valence electrons. The molecule has 0 spiro atoms. The highest BCUT2D eigenvalue weighted by Crippen LogP contribution is 2.66. The Morgan fingerprint density at radius 3 is 2.45 bits per heavy atom. The van der Waals surface area contributed by atoms with Crippen molar-refractivity contribution >= 4 is 40.3 Å². The number of aryl methyl sites for hydroxylation is 1. The lowest BCUT2D eigenvalue weighted by Gasteiger charge is -2.18. The monoisotopic (exact) mass is 534 g/mol. The minimum atomic E-state index is -5.68. The van der Waals surface area contributed by atoms with E-state index >= 15 is 0 Å². The number of phosphoric acid groups is 3. The maximum Gasteiger partial charge on any atom is 0.490 e. The van der Waals surface area contributed by atoms with Crippen LogP contribution < -0.4 is 5.56 Å². The first-order valence-corrected chi connectivity index (χ1v) is 12.7. The summed E-state index contributed by atoms with van der Waals surface area (Å²) in [6, 6.07) is 0. The van der Waals surface area contributed by atoms with Crippen molar-refractivity contribution in [1.29, 1.82) is 0 Å². The lowest BCUT2D eigenvalue weighted by molar-refractivity contribution is -0.388. The van der Waals surface area contributed by atoms with E-state index in [2.05, 4.69) is 28.6 Å². The highest BCUT2D eigenvalue weighted by atomic mass is 31.3. The first-order valence-electron chi connectivity index (χ1n) is 8.17. The van der Waals surface area contributed by atoms with Gasteiger partial charge in [-0.3, -0.25) is 9.32 Å². The molecule has 2 aromatic rings. The summed E-state index contributed by atoms with van der Waals surface area (Å²) >= 11 is 0. The van der Waals surface area contributed by atoms with Crippen LogP contribution in [0, 0.1) is 23.0 Å². The fraction of sp³-hybridized carbons (Fsp3) is 0.400. The quantitative estimate of drug-likeness (QED) is 0.172. The van der Waals surface area contributed by atoms with E-state index in [0.717, 1.165) is 4.68 Å². The molecule has 1 fully saturated rings. The van der Waals surface area contributed by atoms with Gasteiger partial charge >= 0.3 is 34.8 Å². The third kappa shape index (κ3) is 6.14. The topological polar surface area (TPSA) is 278 Å². The van der Waals surface area contributed by atoms with E-state index in [-0.39, 0.29) is 11.0 Å². The molecule has 0 saturated carbocycles. The van der Waals surface area contributed by atoms with Gasteiger partial charge in [0.1, 0.15) is 0 Å². The number of nitrogens with zero attached hydrogens (tertiary/aromatic N) is 6. The van der Waals surface area contributed by atoms with Crippen LogP contribution in [-0.4, -0.2) is 62.0 Å². The van der Waals surface area contributed by atoms with Crippen molar-refractivity contribution in [2.75, 3.05) is 6.61 Å². The highest BCUT2D eigenvalue weighted by Gasteiger charge is 2.41. The van der Waals surface area contributed by atoms with Crippen LogP contribution in [0.5, 0.6) is 0 Å². The van der Waals surface area contributed by atoms with Gasteiger partial charge in [-0.15, -0.1) is 5.10 Å². The number of nitro groups is 1. The number of aromatic nitrogens is 5. The van der Waals surface area contributed by atoms with Crippen molar-refractivity contribution in [1.82, 2.24) is 24.8 Å². The number of fused-ring (bicyclic) bond motifs is 1. The van der Waals surface area contributed by atoms with Crippen LogP contribution in [0.25, 0.3) is 11.0 Å². The van der Waals surface area contributed by atoms with Crippen LogP contribution >= 0.6 is 23.5 Å². The lowest BCUT2D eigenvalue weighted by atomic mass is 10.2. The molecule has 3 rings (SSSR count). The Hall–Kier alpha value is -1.95.